The summed E-state index contributed by atoms with van der Waals surface area (Å²) >= 11 is 0. The molecule has 0 saturated carbocycles. The van der Waals surface area contributed by atoms with Crippen LogP contribution in [0.5, 0.6) is 5.75 Å². The van der Waals surface area contributed by atoms with E-state index in [2.05, 4.69) is 10.4 Å². The maximum atomic E-state index is 11.7. The number of ether oxygens (including phenoxy) is 1. The predicted molar refractivity (Wildman–Crippen MR) is 77.5 cm³/mol. The van der Waals surface area contributed by atoms with Crippen molar-refractivity contribution in [1.82, 2.24) is 9.78 Å². The summed E-state index contributed by atoms with van der Waals surface area (Å²) in [6, 6.07) is 7.07. The van der Waals surface area contributed by atoms with Crippen molar-refractivity contribution >= 4 is 17.3 Å². The highest BCUT2D eigenvalue weighted by Crippen LogP contribution is 2.13. The van der Waals surface area contributed by atoms with Gasteiger partial charge in [-0.15, -0.1) is 0 Å². The lowest BCUT2D eigenvalue weighted by atomic mass is 10.3. The van der Waals surface area contributed by atoms with Crippen molar-refractivity contribution in [3.8, 4) is 5.75 Å². The second kappa shape index (κ2) is 6.60. The molecule has 0 bridgehead atoms. The number of carbonyl (C=O) groups excluding carboxylic acids is 1. The minimum absolute atomic E-state index is 0.101. The highest BCUT2D eigenvalue weighted by atomic mass is 16.5. The zero-order valence-corrected chi connectivity index (χ0v) is 11.4. The Bertz CT molecular complexity index is 563. The van der Waals surface area contributed by atoms with Crippen LogP contribution in [0.1, 0.15) is 13.3 Å². The number of nitrogen functional groups attached to an aromatic ring is 1. The van der Waals surface area contributed by atoms with Crippen molar-refractivity contribution in [1.29, 1.82) is 0 Å². The van der Waals surface area contributed by atoms with Crippen molar-refractivity contribution in [3.63, 3.8) is 0 Å². The van der Waals surface area contributed by atoms with Gasteiger partial charge in [0.05, 0.1) is 24.9 Å². The van der Waals surface area contributed by atoms with E-state index >= 15 is 0 Å². The molecule has 0 aliphatic rings. The highest BCUT2D eigenvalue weighted by Gasteiger charge is 2.04. The average molecular weight is 274 g/mol. The van der Waals surface area contributed by atoms with E-state index in [0.717, 1.165) is 6.54 Å². The van der Waals surface area contributed by atoms with Crippen molar-refractivity contribution in [2.45, 2.75) is 19.9 Å². The van der Waals surface area contributed by atoms with Crippen LogP contribution in [-0.4, -0.2) is 22.3 Å². The van der Waals surface area contributed by atoms with Gasteiger partial charge in [-0.2, -0.15) is 5.10 Å². The molecule has 0 atom stereocenters. The number of nitrogens with zero attached hydrogens (tertiary/aromatic N) is 2. The number of rotatable bonds is 6. The molecule has 0 spiro atoms. The van der Waals surface area contributed by atoms with Gasteiger partial charge in [-0.3, -0.25) is 9.48 Å². The van der Waals surface area contributed by atoms with E-state index in [4.69, 9.17) is 10.5 Å². The molecule has 1 aromatic heterocycles. The lowest BCUT2D eigenvalue weighted by Crippen LogP contribution is -2.14. The lowest BCUT2D eigenvalue weighted by Gasteiger charge is -2.06. The number of amides is 1. The van der Waals surface area contributed by atoms with Crippen molar-refractivity contribution in [2.75, 3.05) is 17.7 Å². The van der Waals surface area contributed by atoms with Gasteiger partial charge in [0, 0.05) is 18.4 Å². The minimum atomic E-state index is -0.101. The Labute approximate surface area is 117 Å². The molecular weight excluding hydrogens is 256 g/mol. The number of nitrogens with one attached hydrogen (secondary N) is 1. The SMILES string of the molecule is CCn1cc(NC(=O)CCOc2ccc(N)cc2)cn1. The molecule has 0 fully saturated rings. The molecule has 106 valence electrons. The van der Waals surface area contributed by atoms with Crippen LogP contribution in [0.15, 0.2) is 36.7 Å². The summed E-state index contributed by atoms with van der Waals surface area (Å²) in [6.07, 6.45) is 3.70. The maximum absolute atomic E-state index is 11.7. The first-order valence-electron chi connectivity index (χ1n) is 6.48. The summed E-state index contributed by atoms with van der Waals surface area (Å²) < 4.78 is 7.21. The van der Waals surface area contributed by atoms with Crippen LogP contribution >= 0.6 is 0 Å². The summed E-state index contributed by atoms with van der Waals surface area (Å²) in [7, 11) is 0. The van der Waals surface area contributed by atoms with E-state index in [1.54, 1.807) is 41.3 Å². The predicted octanol–water partition coefficient (Wildman–Crippen LogP) is 1.89. The van der Waals surface area contributed by atoms with E-state index in [1.807, 2.05) is 6.92 Å². The summed E-state index contributed by atoms with van der Waals surface area (Å²) in [5.41, 5.74) is 6.96. The molecule has 20 heavy (non-hydrogen) atoms. The van der Waals surface area contributed by atoms with Crippen LogP contribution in [0.2, 0.25) is 0 Å². The van der Waals surface area contributed by atoms with Crippen LogP contribution in [-0.2, 0) is 11.3 Å². The van der Waals surface area contributed by atoms with Gasteiger partial charge in [-0.05, 0) is 31.2 Å². The molecule has 1 aromatic carbocycles. The number of aromatic nitrogens is 2. The molecule has 0 aliphatic heterocycles. The minimum Gasteiger partial charge on any atom is -0.493 e. The third-order valence-electron chi connectivity index (χ3n) is 2.72. The monoisotopic (exact) mass is 274 g/mol. The quantitative estimate of drug-likeness (QED) is 0.788. The fourth-order valence-electron chi connectivity index (χ4n) is 1.65. The molecule has 3 N–H and O–H groups in total. The van der Waals surface area contributed by atoms with Crippen molar-refractivity contribution < 1.29 is 9.53 Å². The Hall–Kier alpha value is -2.50. The zero-order valence-electron chi connectivity index (χ0n) is 11.4. The largest absolute Gasteiger partial charge is 0.493 e. The number of hydrogen-bond acceptors (Lipinski definition) is 4. The standard InChI is InChI=1S/C14H18N4O2/c1-2-18-10-12(9-16-18)17-14(19)7-8-20-13-5-3-11(15)4-6-13/h3-6,9-10H,2,7-8,15H2,1H3,(H,17,19). The van der Waals surface area contributed by atoms with Gasteiger partial charge >= 0.3 is 0 Å². The molecule has 0 aliphatic carbocycles. The summed E-state index contributed by atoms with van der Waals surface area (Å²) in [6.45, 7) is 3.08. The summed E-state index contributed by atoms with van der Waals surface area (Å²) in [5, 5.41) is 6.85. The molecule has 2 rings (SSSR count). The number of anilines is 2. The molecule has 1 heterocycles. The molecule has 0 radical (unpaired) electrons. The van der Waals surface area contributed by atoms with E-state index in [-0.39, 0.29) is 12.3 Å². The second-order valence-electron chi connectivity index (χ2n) is 4.30. The number of aryl methyl sites for hydroxylation is 1. The number of carbonyl (C=O) groups is 1. The Morgan fingerprint density at radius 3 is 2.80 bits per heavy atom. The van der Waals surface area contributed by atoms with Gasteiger partial charge in [0.2, 0.25) is 5.91 Å². The van der Waals surface area contributed by atoms with E-state index in [1.165, 1.54) is 0 Å². The van der Waals surface area contributed by atoms with Gasteiger partial charge in [0.15, 0.2) is 0 Å². The molecule has 6 nitrogen and oxygen atoms in total. The Kier molecular flexibility index (Phi) is 4.60. The zero-order chi connectivity index (χ0) is 14.4. The number of hydrogen-bond donors (Lipinski definition) is 2. The van der Waals surface area contributed by atoms with Crippen LogP contribution < -0.4 is 15.8 Å². The molecule has 2 aromatic rings. The lowest BCUT2D eigenvalue weighted by molar-refractivity contribution is -0.116. The average Bonchev–Trinajstić information content (AvgIpc) is 2.88. The normalized spacial score (nSPS) is 10.2. The van der Waals surface area contributed by atoms with Crippen LogP contribution in [0.25, 0.3) is 0 Å². The molecular formula is C14H18N4O2. The van der Waals surface area contributed by atoms with Gasteiger partial charge in [-0.25, -0.2) is 0 Å². The fourth-order valence-corrected chi connectivity index (χ4v) is 1.65. The van der Waals surface area contributed by atoms with Gasteiger partial charge in [-0.1, -0.05) is 0 Å². The fraction of sp³-hybridized carbons (Fsp3) is 0.286. The van der Waals surface area contributed by atoms with Crippen molar-refractivity contribution in [3.05, 3.63) is 36.7 Å². The van der Waals surface area contributed by atoms with Gasteiger partial charge < -0.3 is 15.8 Å². The van der Waals surface area contributed by atoms with Crippen LogP contribution in [0.4, 0.5) is 11.4 Å². The first kappa shape index (κ1) is 13.9. The smallest absolute Gasteiger partial charge is 0.227 e. The van der Waals surface area contributed by atoms with Gasteiger partial charge in [0.1, 0.15) is 5.75 Å². The Morgan fingerprint density at radius 2 is 2.15 bits per heavy atom. The summed E-state index contributed by atoms with van der Waals surface area (Å²) in [5.74, 6) is 0.599. The first-order chi connectivity index (χ1) is 9.67. The van der Waals surface area contributed by atoms with Crippen LogP contribution in [0.3, 0.4) is 0 Å². The Balaban J connectivity index is 1.73. The molecule has 1 amide bonds. The third kappa shape index (κ3) is 4.01. The molecule has 0 unspecified atom stereocenters. The third-order valence-corrected chi connectivity index (χ3v) is 2.72. The summed E-state index contributed by atoms with van der Waals surface area (Å²) in [4.78, 5) is 11.7. The van der Waals surface area contributed by atoms with E-state index < -0.39 is 0 Å². The second-order valence-corrected chi connectivity index (χ2v) is 4.30. The van der Waals surface area contributed by atoms with E-state index in [9.17, 15) is 4.79 Å². The number of nitrogens with two attached hydrogens (primary N) is 1. The highest BCUT2D eigenvalue weighted by molar-refractivity contribution is 5.90. The molecule has 0 saturated heterocycles. The first-order valence-corrected chi connectivity index (χ1v) is 6.48. The topological polar surface area (TPSA) is 82.2 Å². The van der Waals surface area contributed by atoms with Crippen molar-refractivity contribution in [2.24, 2.45) is 0 Å². The van der Waals surface area contributed by atoms with Gasteiger partial charge in [0.25, 0.3) is 0 Å². The number of benzene rings is 1. The van der Waals surface area contributed by atoms with Crippen LogP contribution in [0, 0.1) is 0 Å². The molecule has 6 heteroatoms. The maximum Gasteiger partial charge on any atom is 0.227 e. The Morgan fingerprint density at radius 1 is 1.40 bits per heavy atom. The van der Waals surface area contributed by atoms with E-state index in [0.29, 0.717) is 23.7 Å².